The Kier molecular flexibility index (Phi) is 6.56. The molecule has 1 aromatic carbocycles. The van der Waals surface area contributed by atoms with E-state index < -0.39 is 0 Å². The lowest BCUT2D eigenvalue weighted by Crippen LogP contribution is -2.30. The van der Waals surface area contributed by atoms with Gasteiger partial charge in [-0.05, 0) is 43.4 Å². The standard InChI is InChI=1S/C18H25FN2O2/c1-14(22)20-12-4-2-3-7-18(23)21-13-5-6-17(21)15-8-10-16(19)11-9-15/h8-11,17H,2-7,12-13H2,1H3,(H,20,22). The van der Waals surface area contributed by atoms with E-state index in [2.05, 4.69) is 5.32 Å². The summed E-state index contributed by atoms with van der Waals surface area (Å²) in [5.74, 6) is -0.0829. The number of halogens is 1. The Morgan fingerprint density at radius 3 is 2.65 bits per heavy atom. The number of hydrogen-bond acceptors (Lipinski definition) is 2. The predicted octanol–water partition coefficient (Wildman–Crippen LogP) is 3.19. The molecule has 1 aliphatic heterocycles. The van der Waals surface area contributed by atoms with Crippen molar-refractivity contribution in [3.63, 3.8) is 0 Å². The fraction of sp³-hybridized carbons (Fsp3) is 0.556. The van der Waals surface area contributed by atoms with Crippen molar-refractivity contribution in [2.75, 3.05) is 13.1 Å². The maximum Gasteiger partial charge on any atom is 0.223 e. The van der Waals surface area contributed by atoms with Gasteiger partial charge in [-0.1, -0.05) is 18.6 Å². The van der Waals surface area contributed by atoms with Gasteiger partial charge >= 0.3 is 0 Å². The number of benzene rings is 1. The van der Waals surface area contributed by atoms with E-state index in [4.69, 9.17) is 0 Å². The van der Waals surface area contributed by atoms with Crippen LogP contribution in [-0.4, -0.2) is 29.8 Å². The largest absolute Gasteiger partial charge is 0.356 e. The smallest absolute Gasteiger partial charge is 0.223 e. The Morgan fingerprint density at radius 2 is 1.96 bits per heavy atom. The Morgan fingerprint density at radius 1 is 1.22 bits per heavy atom. The molecule has 4 nitrogen and oxygen atoms in total. The summed E-state index contributed by atoms with van der Waals surface area (Å²) in [7, 11) is 0. The molecule has 2 amide bonds. The predicted molar refractivity (Wildman–Crippen MR) is 87.2 cm³/mol. The minimum Gasteiger partial charge on any atom is -0.356 e. The van der Waals surface area contributed by atoms with Gasteiger partial charge < -0.3 is 10.2 Å². The molecule has 1 atom stereocenters. The van der Waals surface area contributed by atoms with Gasteiger partial charge in [0.05, 0.1) is 6.04 Å². The summed E-state index contributed by atoms with van der Waals surface area (Å²) in [6, 6.07) is 6.55. The summed E-state index contributed by atoms with van der Waals surface area (Å²) in [5.41, 5.74) is 1.02. The van der Waals surface area contributed by atoms with Crippen LogP contribution in [0.25, 0.3) is 0 Å². The second-order valence-electron chi connectivity index (χ2n) is 6.09. The van der Waals surface area contributed by atoms with Crippen LogP contribution in [0.15, 0.2) is 24.3 Å². The van der Waals surface area contributed by atoms with E-state index >= 15 is 0 Å². The van der Waals surface area contributed by atoms with Crippen molar-refractivity contribution in [2.24, 2.45) is 0 Å². The van der Waals surface area contributed by atoms with Gasteiger partial charge in [-0.25, -0.2) is 4.39 Å². The van der Waals surface area contributed by atoms with E-state index in [1.165, 1.54) is 19.1 Å². The quantitative estimate of drug-likeness (QED) is 0.784. The minimum atomic E-state index is -0.246. The van der Waals surface area contributed by atoms with Crippen LogP contribution in [-0.2, 0) is 9.59 Å². The first-order valence-corrected chi connectivity index (χ1v) is 8.37. The van der Waals surface area contributed by atoms with Gasteiger partial charge in [0.25, 0.3) is 0 Å². The van der Waals surface area contributed by atoms with Gasteiger partial charge in [0.15, 0.2) is 0 Å². The zero-order valence-corrected chi connectivity index (χ0v) is 13.7. The molecule has 1 heterocycles. The van der Waals surface area contributed by atoms with Crippen LogP contribution < -0.4 is 5.32 Å². The minimum absolute atomic E-state index is 0.0136. The summed E-state index contributed by atoms with van der Waals surface area (Å²) >= 11 is 0. The SMILES string of the molecule is CC(=O)NCCCCCC(=O)N1CCCC1c1ccc(F)cc1. The highest BCUT2D eigenvalue weighted by atomic mass is 19.1. The van der Waals surface area contributed by atoms with Gasteiger partial charge in [-0.3, -0.25) is 9.59 Å². The summed E-state index contributed by atoms with van der Waals surface area (Å²) in [6.45, 7) is 2.96. The Bertz CT molecular complexity index is 530. The van der Waals surface area contributed by atoms with E-state index in [0.717, 1.165) is 44.2 Å². The molecule has 1 saturated heterocycles. The van der Waals surface area contributed by atoms with Gasteiger partial charge in [-0.15, -0.1) is 0 Å². The molecule has 23 heavy (non-hydrogen) atoms. The van der Waals surface area contributed by atoms with Crippen LogP contribution in [0.1, 0.15) is 57.1 Å². The Labute approximate surface area is 137 Å². The molecule has 5 heteroatoms. The van der Waals surface area contributed by atoms with Crippen molar-refractivity contribution in [1.82, 2.24) is 10.2 Å². The lowest BCUT2D eigenvalue weighted by Gasteiger charge is -2.25. The molecule has 0 bridgehead atoms. The first kappa shape index (κ1) is 17.4. The van der Waals surface area contributed by atoms with Crippen molar-refractivity contribution >= 4 is 11.8 Å². The molecule has 0 aromatic heterocycles. The topological polar surface area (TPSA) is 49.4 Å². The third kappa shape index (κ3) is 5.34. The number of hydrogen-bond donors (Lipinski definition) is 1. The molecule has 2 rings (SSSR count). The van der Waals surface area contributed by atoms with Crippen molar-refractivity contribution in [2.45, 2.75) is 51.5 Å². The number of likely N-dealkylation sites (tertiary alicyclic amines) is 1. The van der Waals surface area contributed by atoms with E-state index in [1.807, 2.05) is 4.90 Å². The van der Waals surface area contributed by atoms with Crippen LogP contribution in [0, 0.1) is 5.82 Å². The van der Waals surface area contributed by atoms with Gasteiger partial charge in [0.2, 0.25) is 11.8 Å². The third-order valence-electron chi connectivity index (χ3n) is 4.27. The van der Waals surface area contributed by atoms with E-state index in [0.29, 0.717) is 13.0 Å². The average Bonchev–Trinajstić information content (AvgIpc) is 3.00. The van der Waals surface area contributed by atoms with Crippen molar-refractivity contribution in [1.29, 1.82) is 0 Å². The van der Waals surface area contributed by atoms with Gasteiger partial charge in [0, 0.05) is 26.4 Å². The first-order valence-electron chi connectivity index (χ1n) is 8.37. The average molecular weight is 320 g/mol. The molecule has 1 unspecified atom stereocenters. The molecule has 1 fully saturated rings. The molecular formula is C18H25FN2O2. The molecular weight excluding hydrogens is 295 g/mol. The number of carbonyl (C=O) groups excluding carboxylic acids is 2. The number of nitrogens with one attached hydrogen (secondary N) is 1. The molecule has 1 aromatic rings. The summed E-state index contributed by atoms with van der Waals surface area (Å²) in [6.07, 6.45) is 5.15. The fourth-order valence-electron chi connectivity index (χ4n) is 3.08. The summed E-state index contributed by atoms with van der Waals surface area (Å²) in [5, 5.41) is 2.76. The Balaban J connectivity index is 1.77. The number of rotatable bonds is 7. The zero-order chi connectivity index (χ0) is 16.7. The van der Waals surface area contributed by atoms with E-state index in [9.17, 15) is 14.0 Å². The second-order valence-corrected chi connectivity index (χ2v) is 6.09. The zero-order valence-electron chi connectivity index (χ0n) is 13.7. The summed E-state index contributed by atoms with van der Waals surface area (Å²) < 4.78 is 13.0. The van der Waals surface area contributed by atoms with Crippen LogP contribution in [0.4, 0.5) is 4.39 Å². The first-order chi connectivity index (χ1) is 11.1. The molecule has 0 aliphatic carbocycles. The third-order valence-corrected chi connectivity index (χ3v) is 4.27. The van der Waals surface area contributed by atoms with Crippen LogP contribution >= 0.6 is 0 Å². The molecule has 1 aliphatic rings. The number of unbranched alkanes of at least 4 members (excludes halogenated alkanes) is 2. The van der Waals surface area contributed by atoms with Crippen molar-refractivity contribution in [3.8, 4) is 0 Å². The maximum absolute atomic E-state index is 13.0. The van der Waals surface area contributed by atoms with Crippen LogP contribution in [0.5, 0.6) is 0 Å². The van der Waals surface area contributed by atoms with Gasteiger partial charge in [-0.2, -0.15) is 0 Å². The molecule has 126 valence electrons. The van der Waals surface area contributed by atoms with Crippen LogP contribution in [0.2, 0.25) is 0 Å². The summed E-state index contributed by atoms with van der Waals surface area (Å²) in [4.78, 5) is 25.1. The monoisotopic (exact) mass is 320 g/mol. The Hall–Kier alpha value is -1.91. The fourth-order valence-corrected chi connectivity index (χ4v) is 3.08. The second kappa shape index (κ2) is 8.65. The highest BCUT2D eigenvalue weighted by Crippen LogP contribution is 2.32. The molecule has 0 saturated carbocycles. The normalized spacial score (nSPS) is 17.3. The number of carbonyl (C=O) groups is 2. The van der Waals surface area contributed by atoms with E-state index in [-0.39, 0.29) is 23.7 Å². The number of nitrogens with zero attached hydrogens (tertiary/aromatic N) is 1. The number of amides is 2. The van der Waals surface area contributed by atoms with Crippen molar-refractivity contribution in [3.05, 3.63) is 35.6 Å². The molecule has 0 spiro atoms. The van der Waals surface area contributed by atoms with Gasteiger partial charge in [0.1, 0.15) is 5.82 Å². The van der Waals surface area contributed by atoms with Crippen LogP contribution in [0.3, 0.4) is 0 Å². The highest BCUT2D eigenvalue weighted by molar-refractivity contribution is 5.77. The van der Waals surface area contributed by atoms with Crippen molar-refractivity contribution < 1.29 is 14.0 Å². The lowest BCUT2D eigenvalue weighted by molar-refractivity contribution is -0.132. The van der Waals surface area contributed by atoms with E-state index in [1.54, 1.807) is 12.1 Å². The highest BCUT2D eigenvalue weighted by Gasteiger charge is 2.29. The molecule has 1 N–H and O–H groups in total. The maximum atomic E-state index is 13.0. The molecule has 0 radical (unpaired) electrons. The lowest BCUT2D eigenvalue weighted by atomic mass is 10.0.